The van der Waals surface area contributed by atoms with E-state index in [-0.39, 0.29) is 0 Å². The van der Waals surface area contributed by atoms with Gasteiger partial charge in [0.15, 0.2) is 0 Å². The van der Waals surface area contributed by atoms with E-state index < -0.39 is 20.0 Å². The van der Waals surface area contributed by atoms with Gasteiger partial charge in [-0.2, -0.15) is 0 Å². The standard InChI is InChI=1S/C9H11NO2.CH3F2O2P/c10-8(9(11)12)6-7-4-2-1-3-5-7;1-5-6(2,3)4/h1-5,8H,6,10H2,(H,11,12);1H3. The molecule has 102 valence electrons. The summed E-state index contributed by atoms with van der Waals surface area (Å²) in [4.78, 5) is 10.4. The number of carbonyl (C=O) groups is 1. The number of rotatable bonds is 4. The number of carboxylic acids is 1. The van der Waals surface area contributed by atoms with Crippen LogP contribution in [0.1, 0.15) is 5.56 Å². The molecule has 1 aromatic rings. The molecule has 0 bridgehead atoms. The first-order valence-corrected chi connectivity index (χ1v) is 6.24. The molecule has 0 aliphatic rings. The third-order valence-electron chi connectivity index (χ3n) is 1.83. The molecule has 0 aliphatic heterocycles. The molecule has 0 saturated carbocycles. The lowest BCUT2D eigenvalue weighted by Gasteiger charge is -2.04. The molecule has 18 heavy (non-hydrogen) atoms. The van der Waals surface area contributed by atoms with Gasteiger partial charge in [-0.3, -0.25) is 9.32 Å². The van der Waals surface area contributed by atoms with Crippen LogP contribution in [-0.2, 0) is 20.3 Å². The fraction of sp³-hybridized carbons (Fsp3) is 0.300. The van der Waals surface area contributed by atoms with Gasteiger partial charge in [-0.1, -0.05) is 30.3 Å². The summed E-state index contributed by atoms with van der Waals surface area (Å²) in [6, 6.07) is 8.54. The Morgan fingerprint density at radius 3 is 2.22 bits per heavy atom. The Morgan fingerprint density at radius 1 is 1.44 bits per heavy atom. The van der Waals surface area contributed by atoms with Gasteiger partial charge < -0.3 is 10.8 Å². The quantitative estimate of drug-likeness (QED) is 0.827. The molecule has 0 aromatic heterocycles. The Hall–Kier alpha value is -1.30. The third kappa shape index (κ3) is 8.81. The highest BCUT2D eigenvalue weighted by atomic mass is 31.2. The van der Waals surface area contributed by atoms with Crippen molar-refractivity contribution >= 4 is 14.0 Å². The number of hydrogen-bond donors (Lipinski definition) is 2. The molecule has 1 atom stereocenters. The number of halogens is 2. The number of benzene rings is 1. The van der Waals surface area contributed by atoms with Crippen molar-refractivity contribution in [1.82, 2.24) is 0 Å². The minimum atomic E-state index is -5.15. The average Bonchev–Trinajstić information content (AvgIpc) is 2.30. The van der Waals surface area contributed by atoms with Gasteiger partial charge in [0, 0.05) is 7.11 Å². The van der Waals surface area contributed by atoms with Crippen LogP contribution in [0.15, 0.2) is 30.3 Å². The Kier molecular flexibility index (Phi) is 7.35. The van der Waals surface area contributed by atoms with Crippen LogP contribution in [0.3, 0.4) is 0 Å². The normalized spacial score (nSPS) is 12.2. The summed E-state index contributed by atoms with van der Waals surface area (Å²) in [6.45, 7) is 0. The average molecular weight is 281 g/mol. The molecule has 5 nitrogen and oxygen atoms in total. The zero-order valence-corrected chi connectivity index (χ0v) is 10.5. The zero-order chi connectivity index (χ0) is 14.2. The van der Waals surface area contributed by atoms with Gasteiger partial charge in [-0.15, -0.1) is 8.39 Å². The van der Waals surface area contributed by atoms with Crippen molar-refractivity contribution in [2.75, 3.05) is 7.11 Å². The van der Waals surface area contributed by atoms with Crippen molar-refractivity contribution in [3.63, 3.8) is 0 Å². The molecule has 0 amide bonds. The molecular formula is C10H14F2NO4P. The summed E-state index contributed by atoms with van der Waals surface area (Å²) in [5, 5.41) is 8.52. The minimum Gasteiger partial charge on any atom is -0.480 e. The van der Waals surface area contributed by atoms with Crippen molar-refractivity contribution in [1.29, 1.82) is 0 Å². The Labute approximate surface area is 103 Å². The molecular weight excluding hydrogens is 267 g/mol. The van der Waals surface area contributed by atoms with Gasteiger partial charge in [0.2, 0.25) is 0 Å². The fourth-order valence-corrected chi connectivity index (χ4v) is 0.955. The van der Waals surface area contributed by atoms with Crippen LogP contribution in [0.4, 0.5) is 8.39 Å². The predicted octanol–water partition coefficient (Wildman–Crippen LogP) is 2.32. The number of nitrogens with two attached hydrogens (primary N) is 1. The summed E-state index contributed by atoms with van der Waals surface area (Å²) in [5.41, 5.74) is 6.30. The molecule has 0 fully saturated rings. The summed E-state index contributed by atoms with van der Waals surface area (Å²) in [5.74, 6) is -0.959. The van der Waals surface area contributed by atoms with Crippen LogP contribution in [0, 0.1) is 0 Å². The van der Waals surface area contributed by atoms with E-state index in [2.05, 4.69) is 4.52 Å². The molecule has 0 saturated heterocycles. The van der Waals surface area contributed by atoms with Crippen molar-refractivity contribution < 1.29 is 27.4 Å². The van der Waals surface area contributed by atoms with Crippen LogP contribution in [0.25, 0.3) is 0 Å². The molecule has 8 heteroatoms. The lowest BCUT2D eigenvalue weighted by atomic mass is 10.1. The van der Waals surface area contributed by atoms with Crippen LogP contribution in [0.2, 0.25) is 0 Å². The van der Waals surface area contributed by atoms with Crippen molar-refractivity contribution in [2.24, 2.45) is 5.73 Å². The molecule has 0 spiro atoms. The third-order valence-corrected chi connectivity index (χ3v) is 2.25. The lowest BCUT2D eigenvalue weighted by Crippen LogP contribution is -2.32. The van der Waals surface area contributed by atoms with Crippen LogP contribution >= 0.6 is 7.99 Å². The maximum absolute atomic E-state index is 10.8. The van der Waals surface area contributed by atoms with Crippen molar-refractivity contribution in [3.05, 3.63) is 35.9 Å². The van der Waals surface area contributed by atoms with Crippen molar-refractivity contribution in [2.45, 2.75) is 12.5 Å². The zero-order valence-electron chi connectivity index (χ0n) is 9.62. The molecule has 0 aliphatic carbocycles. The van der Waals surface area contributed by atoms with Crippen molar-refractivity contribution in [3.8, 4) is 0 Å². The smallest absolute Gasteiger partial charge is 0.480 e. The topological polar surface area (TPSA) is 89.6 Å². The molecule has 1 rings (SSSR count). The van der Waals surface area contributed by atoms with E-state index in [9.17, 15) is 13.2 Å². The van der Waals surface area contributed by atoms with E-state index in [1.807, 2.05) is 30.3 Å². The van der Waals surface area contributed by atoms with Gasteiger partial charge in [0.25, 0.3) is 0 Å². The monoisotopic (exact) mass is 281 g/mol. The molecule has 0 heterocycles. The lowest BCUT2D eigenvalue weighted by molar-refractivity contribution is -0.138. The number of carboxylic acid groups (broad SMARTS) is 1. The van der Waals surface area contributed by atoms with Gasteiger partial charge in [0.1, 0.15) is 6.04 Å². The second-order valence-corrected chi connectivity index (χ2v) is 4.43. The van der Waals surface area contributed by atoms with Gasteiger partial charge in [0.05, 0.1) is 0 Å². The fourth-order valence-electron chi connectivity index (χ4n) is 0.955. The molecule has 1 unspecified atom stereocenters. The first-order valence-electron chi connectivity index (χ1n) is 4.83. The summed E-state index contributed by atoms with van der Waals surface area (Å²) < 4.78 is 33.8. The SMILES string of the molecule is COP(=O)(F)F.NC(Cc1ccccc1)C(=O)O. The largest absolute Gasteiger partial charge is 0.551 e. The predicted molar refractivity (Wildman–Crippen MR) is 62.6 cm³/mol. The molecule has 1 aromatic carbocycles. The second-order valence-electron chi connectivity index (χ2n) is 3.23. The molecule has 0 radical (unpaired) electrons. The summed E-state index contributed by atoms with van der Waals surface area (Å²) in [7, 11) is -4.45. The van der Waals surface area contributed by atoms with Gasteiger partial charge in [-0.25, -0.2) is 4.57 Å². The van der Waals surface area contributed by atoms with Gasteiger partial charge >= 0.3 is 14.0 Å². The minimum absolute atomic E-state index is 0.385. The molecule has 3 N–H and O–H groups in total. The van der Waals surface area contributed by atoms with E-state index in [1.165, 1.54) is 0 Å². The second kappa shape index (κ2) is 7.92. The van der Waals surface area contributed by atoms with E-state index in [0.717, 1.165) is 5.56 Å². The van der Waals surface area contributed by atoms with E-state index in [1.54, 1.807) is 0 Å². The maximum Gasteiger partial charge on any atom is 0.551 e. The summed E-state index contributed by atoms with van der Waals surface area (Å²) >= 11 is 0. The summed E-state index contributed by atoms with van der Waals surface area (Å²) in [6.07, 6.45) is 0.385. The maximum atomic E-state index is 10.8. The van der Waals surface area contributed by atoms with Crippen LogP contribution in [0.5, 0.6) is 0 Å². The van der Waals surface area contributed by atoms with E-state index >= 15 is 0 Å². The first-order chi connectivity index (χ1) is 8.26. The highest BCUT2D eigenvalue weighted by Gasteiger charge is 2.15. The van der Waals surface area contributed by atoms with Gasteiger partial charge in [-0.05, 0) is 12.0 Å². The van der Waals surface area contributed by atoms with Crippen LogP contribution < -0.4 is 5.73 Å². The number of aliphatic carboxylic acids is 1. The van der Waals surface area contributed by atoms with Crippen LogP contribution in [-0.4, -0.2) is 24.2 Å². The van der Waals surface area contributed by atoms with E-state index in [0.29, 0.717) is 13.5 Å². The Morgan fingerprint density at radius 2 is 1.89 bits per heavy atom. The highest BCUT2D eigenvalue weighted by molar-refractivity contribution is 7.47. The Balaban J connectivity index is 0.000000411. The first kappa shape index (κ1) is 16.7. The highest BCUT2D eigenvalue weighted by Crippen LogP contribution is 2.48. The number of hydrogen-bond acceptors (Lipinski definition) is 4. The van der Waals surface area contributed by atoms with E-state index in [4.69, 9.17) is 15.4 Å². The Bertz CT molecular complexity index is 410.